The van der Waals surface area contributed by atoms with Gasteiger partial charge in [0, 0.05) is 35.3 Å². The largest absolute Gasteiger partial charge is 0.476 e. The number of aromatic carboxylic acids is 1. The van der Waals surface area contributed by atoms with Gasteiger partial charge in [-0.05, 0) is 24.1 Å². The SMILES string of the molecule is CC(C)Cn1cc(C#N)c2cc(-c3cc(C(=O)O)no3)ccc21. The monoisotopic (exact) mass is 309 g/mol. The lowest BCUT2D eigenvalue weighted by atomic mass is 10.1. The number of nitriles is 1. The highest BCUT2D eigenvalue weighted by Crippen LogP contribution is 2.28. The molecule has 23 heavy (non-hydrogen) atoms. The van der Waals surface area contributed by atoms with Gasteiger partial charge in [-0.1, -0.05) is 19.0 Å². The Kier molecular flexibility index (Phi) is 3.62. The average molecular weight is 309 g/mol. The topological polar surface area (TPSA) is 92.0 Å². The number of rotatable bonds is 4. The first kappa shape index (κ1) is 14.9. The normalized spacial score (nSPS) is 11.0. The molecular weight excluding hydrogens is 294 g/mol. The van der Waals surface area contributed by atoms with Gasteiger partial charge in [-0.25, -0.2) is 4.79 Å². The maximum absolute atomic E-state index is 10.9. The Labute approximate surface area is 132 Å². The van der Waals surface area contributed by atoms with Crippen LogP contribution in [0.3, 0.4) is 0 Å². The second-order valence-corrected chi connectivity index (χ2v) is 5.81. The third-order valence-electron chi connectivity index (χ3n) is 3.58. The van der Waals surface area contributed by atoms with E-state index in [0.717, 1.165) is 17.4 Å². The van der Waals surface area contributed by atoms with Crippen LogP contribution < -0.4 is 0 Å². The highest BCUT2D eigenvalue weighted by atomic mass is 16.5. The van der Waals surface area contributed by atoms with Gasteiger partial charge < -0.3 is 14.2 Å². The molecule has 2 aromatic heterocycles. The second kappa shape index (κ2) is 5.61. The van der Waals surface area contributed by atoms with E-state index in [1.54, 1.807) is 0 Å². The van der Waals surface area contributed by atoms with Crippen molar-refractivity contribution in [3.8, 4) is 17.4 Å². The fraction of sp³-hybridized carbons (Fsp3) is 0.235. The van der Waals surface area contributed by atoms with E-state index in [4.69, 9.17) is 9.63 Å². The van der Waals surface area contributed by atoms with E-state index in [1.165, 1.54) is 6.07 Å². The zero-order valence-corrected chi connectivity index (χ0v) is 12.8. The number of hydrogen-bond donors (Lipinski definition) is 1. The summed E-state index contributed by atoms with van der Waals surface area (Å²) in [6.07, 6.45) is 1.84. The fourth-order valence-electron chi connectivity index (χ4n) is 2.60. The molecular formula is C17H15N3O3. The van der Waals surface area contributed by atoms with Gasteiger partial charge >= 0.3 is 5.97 Å². The summed E-state index contributed by atoms with van der Waals surface area (Å²) in [6.45, 7) is 5.06. The number of carboxylic acids is 1. The molecule has 1 aromatic carbocycles. The first-order valence-electron chi connectivity index (χ1n) is 7.23. The van der Waals surface area contributed by atoms with Crippen LogP contribution >= 0.6 is 0 Å². The molecule has 0 amide bonds. The van der Waals surface area contributed by atoms with Crippen LogP contribution in [-0.2, 0) is 6.54 Å². The molecule has 0 fully saturated rings. The molecule has 0 spiro atoms. The van der Waals surface area contributed by atoms with Crippen molar-refractivity contribution in [2.75, 3.05) is 0 Å². The van der Waals surface area contributed by atoms with E-state index in [9.17, 15) is 10.1 Å². The molecule has 0 saturated heterocycles. The summed E-state index contributed by atoms with van der Waals surface area (Å²) in [5.41, 5.74) is 2.10. The number of benzene rings is 1. The van der Waals surface area contributed by atoms with E-state index in [0.29, 0.717) is 22.8 Å². The van der Waals surface area contributed by atoms with Crippen molar-refractivity contribution in [2.45, 2.75) is 20.4 Å². The van der Waals surface area contributed by atoms with Crippen molar-refractivity contribution >= 4 is 16.9 Å². The fourth-order valence-corrected chi connectivity index (χ4v) is 2.60. The van der Waals surface area contributed by atoms with Crippen molar-refractivity contribution < 1.29 is 14.4 Å². The third kappa shape index (κ3) is 2.69. The molecule has 0 radical (unpaired) electrons. The maximum atomic E-state index is 10.9. The molecule has 3 rings (SSSR count). The molecule has 0 aliphatic rings. The van der Waals surface area contributed by atoms with E-state index >= 15 is 0 Å². The number of nitrogens with zero attached hydrogens (tertiary/aromatic N) is 3. The Bertz CT molecular complexity index is 928. The first-order valence-corrected chi connectivity index (χ1v) is 7.23. The molecule has 0 atom stereocenters. The molecule has 6 heteroatoms. The van der Waals surface area contributed by atoms with Gasteiger partial charge in [-0.15, -0.1) is 0 Å². The van der Waals surface area contributed by atoms with E-state index in [2.05, 4.69) is 29.6 Å². The summed E-state index contributed by atoms with van der Waals surface area (Å²) in [4.78, 5) is 10.9. The van der Waals surface area contributed by atoms with Crippen LogP contribution in [0.15, 0.2) is 35.0 Å². The minimum Gasteiger partial charge on any atom is -0.476 e. The maximum Gasteiger partial charge on any atom is 0.358 e. The van der Waals surface area contributed by atoms with Gasteiger partial charge in [0.15, 0.2) is 11.5 Å². The zero-order valence-electron chi connectivity index (χ0n) is 12.8. The summed E-state index contributed by atoms with van der Waals surface area (Å²) < 4.78 is 7.15. The number of aromatic nitrogens is 2. The molecule has 0 bridgehead atoms. The quantitative estimate of drug-likeness (QED) is 0.796. The average Bonchev–Trinajstić information content (AvgIpc) is 3.11. The number of fused-ring (bicyclic) bond motifs is 1. The van der Waals surface area contributed by atoms with Crippen LogP contribution in [0, 0.1) is 17.2 Å². The van der Waals surface area contributed by atoms with Crippen LogP contribution in [0.1, 0.15) is 29.9 Å². The molecule has 116 valence electrons. The predicted octanol–water partition coefficient (Wildman–Crippen LogP) is 3.52. The highest BCUT2D eigenvalue weighted by molar-refractivity contribution is 5.91. The van der Waals surface area contributed by atoms with Crippen molar-refractivity contribution in [3.63, 3.8) is 0 Å². The third-order valence-corrected chi connectivity index (χ3v) is 3.58. The number of carbonyl (C=O) groups is 1. The number of carboxylic acid groups (broad SMARTS) is 1. The highest BCUT2D eigenvalue weighted by Gasteiger charge is 2.15. The van der Waals surface area contributed by atoms with Crippen LogP contribution in [0.2, 0.25) is 0 Å². The van der Waals surface area contributed by atoms with E-state index in [-0.39, 0.29) is 5.69 Å². The Morgan fingerprint density at radius 1 is 1.43 bits per heavy atom. The van der Waals surface area contributed by atoms with Gasteiger partial charge in [-0.3, -0.25) is 0 Å². The molecule has 1 N–H and O–H groups in total. The summed E-state index contributed by atoms with van der Waals surface area (Å²) in [5, 5.41) is 22.6. The van der Waals surface area contributed by atoms with Crippen molar-refractivity contribution in [1.29, 1.82) is 5.26 Å². The Hall–Kier alpha value is -3.07. The molecule has 3 aromatic rings. The smallest absolute Gasteiger partial charge is 0.358 e. The van der Waals surface area contributed by atoms with Gasteiger partial charge in [0.1, 0.15) is 6.07 Å². The predicted molar refractivity (Wildman–Crippen MR) is 83.9 cm³/mol. The van der Waals surface area contributed by atoms with Gasteiger partial charge in [0.05, 0.1) is 5.56 Å². The lowest BCUT2D eigenvalue weighted by Gasteiger charge is -2.08. The van der Waals surface area contributed by atoms with E-state index in [1.807, 2.05) is 24.4 Å². The molecule has 0 unspecified atom stereocenters. The lowest BCUT2D eigenvalue weighted by Crippen LogP contribution is -2.02. The van der Waals surface area contributed by atoms with Gasteiger partial charge in [0.25, 0.3) is 0 Å². The van der Waals surface area contributed by atoms with Crippen LogP contribution in [0.4, 0.5) is 0 Å². The summed E-state index contributed by atoms with van der Waals surface area (Å²) in [7, 11) is 0. The summed E-state index contributed by atoms with van der Waals surface area (Å²) >= 11 is 0. The lowest BCUT2D eigenvalue weighted by molar-refractivity contribution is 0.0686. The van der Waals surface area contributed by atoms with Crippen molar-refractivity contribution in [1.82, 2.24) is 9.72 Å². The minimum absolute atomic E-state index is 0.141. The molecule has 0 aliphatic heterocycles. The van der Waals surface area contributed by atoms with Crippen LogP contribution in [-0.4, -0.2) is 20.8 Å². The van der Waals surface area contributed by atoms with Crippen molar-refractivity contribution in [2.24, 2.45) is 5.92 Å². The van der Waals surface area contributed by atoms with Crippen molar-refractivity contribution in [3.05, 3.63) is 41.7 Å². The van der Waals surface area contributed by atoms with Crippen LogP contribution in [0.5, 0.6) is 0 Å². The minimum atomic E-state index is -1.14. The number of hydrogen-bond acceptors (Lipinski definition) is 4. The molecule has 0 saturated carbocycles. The Morgan fingerprint density at radius 2 is 2.22 bits per heavy atom. The summed E-state index contributed by atoms with van der Waals surface area (Å²) in [6, 6.07) is 9.16. The standard InChI is InChI=1S/C17H15N3O3/c1-10(2)8-20-9-12(7-18)13-5-11(3-4-15(13)20)16-6-14(17(21)22)19-23-16/h3-6,9-10H,8H2,1-2H3,(H,21,22). The van der Waals surface area contributed by atoms with Gasteiger partial charge in [-0.2, -0.15) is 5.26 Å². The van der Waals surface area contributed by atoms with Gasteiger partial charge in [0.2, 0.25) is 0 Å². The second-order valence-electron chi connectivity index (χ2n) is 5.81. The molecule has 2 heterocycles. The Balaban J connectivity index is 2.11. The Morgan fingerprint density at radius 3 is 2.83 bits per heavy atom. The summed E-state index contributed by atoms with van der Waals surface area (Å²) in [5.74, 6) is -0.309. The first-order chi connectivity index (χ1) is 11.0. The zero-order chi connectivity index (χ0) is 16.6. The van der Waals surface area contributed by atoms with Crippen LogP contribution in [0.25, 0.3) is 22.2 Å². The van der Waals surface area contributed by atoms with E-state index < -0.39 is 5.97 Å². The molecule has 6 nitrogen and oxygen atoms in total. The molecule has 0 aliphatic carbocycles.